The third-order valence-electron chi connectivity index (χ3n) is 10.8. The number of rotatable bonds is 10. The summed E-state index contributed by atoms with van der Waals surface area (Å²) in [6.45, 7) is 6.27. The fraction of sp³-hybridized carbons (Fsp3) is 0.541. The van der Waals surface area contributed by atoms with Crippen LogP contribution in [-0.2, 0) is 29.2 Å². The van der Waals surface area contributed by atoms with Crippen molar-refractivity contribution in [3.8, 4) is 11.1 Å². The van der Waals surface area contributed by atoms with Crippen molar-refractivity contribution in [2.75, 3.05) is 19.6 Å². The van der Waals surface area contributed by atoms with Crippen molar-refractivity contribution >= 4 is 39.5 Å². The van der Waals surface area contributed by atoms with E-state index in [4.69, 9.17) is 4.84 Å². The monoisotopic (exact) mass is 754 g/mol. The van der Waals surface area contributed by atoms with Crippen LogP contribution in [0, 0.1) is 11.3 Å². The highest BCUT2D eigenvalue weighted by atomic mass is 32.2. The molecule has 2 aliphatic heterocycles. The van der Waals surface area contributed by atoms with Gasteiger partial charge in [0.05, 0.1) is 17.7 Å². The highest BCUT2D eigenvalue weighted by molar-refractivity contribution is 7.91. The van der Waals surface area contributed by atoms with Gasteiger partial charge in [0.2, 0.25) is 28.3 Å². The second kappa shape index (κ2) is 13.7. The third-order valence-corrected chi connectivity index (χ3v) is 12.7. The molecule has 13 nitrogen and oxygen atoms in total. The number of amides is 5. The molecule has 3 aliphatic carbocycles. The summed E-state index contributed by atoms with van der Waals surface area (Å²) in [6.07, 6.45) is -2.12. The first-order valence-electron chi connectivity index (χ1n) is 18.1. The smallest absolute Gasteiger partial charge is 0.318 e. The number of urea groups is 1. The molecule has 5 aliphatic rings. The molecular formula is C37H44F2N6O7S. The van der Waals surface area contributed by atoms with Gasteiger partial charge in [0.25, 0.3) is 5.91 Å². The van der Waals surface area contributed by atoms with E-state index in [-0.39, 0.29) is 13.0 Å². The van der Waals surface area contributed by atoms with E-state index >= 15 is 0 Å². The number of benzene rings is 2. The molecular weight excluding hydrogens is 711 g/mol. The number of fused-ring (bicyclic) bond motifs is 3. The van der Waals surface area contributed by atoms with E-state index in [1.807, 2.05) is 53.3 Å². The van der Waals surface area contributed by atoms with Crippen LogP contribution in [0.2, 0.25) is 0 Å². The number of nitrogens with zero attached hydrogens (tertiary/aromatic N) is 3. The van der Waals surface area contributed by atoms with Crippen LogP contribution in [0.4, 0.5) is 13.6 Å². The number of oxime groups is 1. The Labute approximate surface area is 306 Å². The standard InChI is InChI=1S/C37H44F2N6O7S/c1-36(2,3)30(40-35(49)44-16-8-9-17-44)33(47)45-20-21(52-42-29-25-12-6-4-10-23(25)24-11-5-7-13-26(24)29)18-28(45)32(46)41-37(19-27(37)31(38)39)34(48)43-53(50,51)22-14-15-22/h4-7,10-13,21-22,27-28,30-31H,8-9,14-20H2,1-3H3,(H,40,49)(H,41,46)(H,43,48)/t21-,27+,28+,30-,37+/m1/s1. The molecule has 5 amide bonds. The van der Waals surface area contributed by atoms with E-state index in [9.17, 15) is 36.4 Å². The summed E-state index contributed by atoms with van der Waals surface area (Å²) >= 11 is 0. The van der Waals surface area contributed by atoms with Gasteiger partial charge in [-0.1, -0.05) is 74.5 Å². The molecule has 5 atom stereocenters. The third kappa shape index (κ3) is 7.09. The van der Waals surface area contributed by atoms with Crippen molar-refractivity contribution in [2.24, 2.45) is 16.5 Å². The van der Waals surface area contributed by atoms with Gasteiger partial charge in [0, 0.05) is 30.6 Å². The van der Waals surface area contributed by atoms with Gasteiger partial charge in [0.1, 0.15) is 29.4 Å². The lowest BCUT2D eigenvalue weighted by Crippen LogP contribution is -2.61. The largest absolute Gasteiger partial charge is 0.390 e. The molecule has 284 valence electrons. The molecule has 0 unspecified atom stereocenters. The molecule has 16 heteroatoms. The predicted octanol–water partition coefficient (Wildman–Crippen LogP) is 3.37. The molecule has 4 fully saturated rings. The lowest BCUT2D eigenvalue weighted by Gasteiger charge is -2.36. The van der Waals surface area contributed by atoms with Gasteiger partial charge >= 0.3 is 6.03 Å². The zero-order valence-corrected chi connectivity index (χ0v) is 30.6. The van der Waals surface area contributed by atoms with Crippen LogP contribution in [0.1, 0.15) is 70.4 Å². The number of carbonyl (C=O) groups excluding carboxylic acids is 4. The predicted molar refractivity (Wildman–Crippen MR) is 190 cm³/mol. The van der Waals surface area contributed by atoms with Crippen LogP contribution in [-0.4, -0.2) is 103 Å². The topological polar surface area (TPSA) is 167 Å². The average molecular weight is 755 g/mol. The quantitative estimate of drug-likeness (QED) is 0.267. The minimum Gasteiger partial charge on any atom is -0.390 e. The molecule has 2 heterocycles. The lowest BCUT2D eigenvalue weighted by molar-refractivity contribution is -0.143. The summed E-state index contributed by atoms with van der Waals surface area (Å²) in [5.74, 6) is -4.39. The number of alkyl halides is 2. The van der Waals surface area contributed by atoms with E-state index < -0.39 is 86.9 Å². The highest BCUT2D eigenvalue weighted by Crippen LogP contribution is 2.48. The second-order valence-corrected chi connectivity index (χ2v) is 17.7. The fourth-order valence-electron chi connectivity index (χ4n) is 7.57. The van der Waals surface area contributed by atoms with Gasteiger partial charge in [0.15, 0.2) is 0 Å². The summed E-state index contributed by atoms with van der Waals surface area (Å²) in [6, 6.07) is 12.5. The first kappa shape index (κ1) is 36.7. The maximum Gasteiger partial charge on any atom is 0.318 e. The number of carbonyl (C=O) groups is 4. The van der Waals surface area contributed by atoms with Crippen LogP contribution in [0.3, 0.4) is 0 Å². The van der Waals surface area contributed by atoms with E-state index in [0.717, 1.165) is 35.1 Å². The summed E-state index contributed by atoms with van der Waals surface area (Å²) in [7, 11) is -4.11. The molecule has 0 aromatic heterocycles. The summed E-state index contributed by atoms with van der Waals surface area (Å²) < 4.78 is 55.3. The molecule has 3 N–H and O–H groups in total. The Balaban J connectivity index is 1.17. The molecule has 2 saturated heterocycles. The fourth-order valence-corrected chi connectivity index (χ4v) is 8.94. The van der Waals surface area contributed by atoms with Crippen molar-refractivity contribution in [1.82, 2.24) is 25.2 Å². The number of hydrogen-bond acceptors (Lipinski definition) is 8. The minimum absolute atomic E-state index is 0.119. The molecule has 0 spiro atoms. The van der Waals surface area contributed by atoms with E-state index in [2.05, 4.69) is 15.8 Å². The Bertz CT molecular complexity index is 1910. The number of halogens is 2. The van der Waals surface area contributed by atoms with Crippen LogP contribution >= 0.6 is 0 Å². The Morgan fingerprint density at radius 1 is 0.943 bits per heavy atom. The zero-order chi connectivity index (χ0) is 37.9. The number of nitrogens with one attached hydrogen (secondary N) is 3. The van der Waals surface area contributed by atoms with Gasteiger partial charge in [-0.3, -0.25) is 19.1 Å². The Morgan fingerprint density at radius 2 is 1.53 bits per heavy atom. The maximum absolute atomic E-state index is 14.5. The van der Waals surface area contributed by atoms with Crippen LogP contribution in [0.5, 0.6) is 0 Å². The number of sulfonamides is 1. The minimum atomic E-state index is -4.11. The van der Waals surface area contributed by atoms with Crippen molar-refractivity contribution in [3.63, 3.8) is 0 Å². The van der Waals surface area contributed by atoms with Gasteiger partial charge in [-0.25, -0.2) is 22.0 Å². The molecule has 53 heavy (non-hydrogen) atoms. The average Bonchev–Trinajstić information content (AvgIpc) is 3.94. The summed E-state index contributed by atoms with van der Waals surface area (Å²) in [5.41, 5.74) is 1.18. The first-order valence-corrected chi connectivity index (χ1v) is 19.6. The lowest BCUT2D eigenvalue weighted by atomic mass is 9.85. The van der Waals surface area contributed by atoms with Gasteiger partial charge < -0.3 is 25.3 Å². The van der Waals surface area contributed by atoms with Crippen LogP contribution in [0.25, 0.3) is 11.1 Å². The molecule has 2 saturated carbocycles. The Kier molecular flexibility index (Phi) is 9.48. The normalized spacial score (nSPS) is 25.4. The molecule has 2 aromatic rings. The molecule has 2 aromatic carbocycles. The van der Waals surface area contributed by atoms with Crippen molar-refractivity contribution in [2.45, 2.75) is 94.7 Å². The maximum atomic E-state index is 14.5. The first-order chi connectivity index (χ1) is 25.1. The Morgan fingerprint density at radius 3 is 2.06 bits per heavy atom. The SMILES string of the molecule is CC(C)(C)[C@H](NC(=O)N1CCCC1)C(=O)N1C[C@H](ON=C2c3ccccc3-c3ccccc32)C[C@H]1C(=O)N[C@@]1(C(=O)NS(=O)(=O)C2CC2)C[C@H]1C(F)F. The number of hydrogen-bond donors (Lipinski definition) is 3. The zero-order valence-electron chi connectivity index (χ0n) is 29.8. The number of likely N-dealkylation sites (tertiary alicyclic amines) is 2. The van der Waals surface area contributed by atoms with Crippen LogP contribution < -0.4 is 15.4 Å². The van der Waals surface area contributed by atoms with Gasteiger partial charge in [-0.05, 0) is 48.6 Å². The Hall–Kier alpha value is -4.60. The van der Waals surface area contributed by atoms with E-state index in [1.54, 1.807) is 25.7 Å². The highest BCUT2D eigenvalue weighted by Gasteiger charge is 2.67. The second-order valence-electron chi connectivity index (χ2n) is 15.7. The van der Waals surface area contributed by atoms with Gasteiger partial charge in [-0.2, -0.15) is 0 Å². The molecule has 7 rings (SSSR count). The van der Waals surface area contributed by atoms with Crippen LogP contribution in [0.15, 0.2) is 53.7 Å². The van der Waals surface area contributed by atoms with Crippen molar-refractivity contribution < 1.29 is 41.2 Å². The van der Waals surface area contributed by atoms with E-state index in [0.29, 0.717) is 31.6 Å². The van der Waals surface area contributed by atoms with Gasteiger partial charge in [-0.15, -0.1) is 0 Å². The summed E-state index contributed by atoms with van der Waals surface area (Å²) in [5, 5.41) is 9.02. The van der Waals surface area contributed by atoms with Crippen molar-refractivity contribution in [3.05, 3.63) is 59.7 Å². The molecule has 0 radical (unpaired) electrons. The summed E-state index contributed by atoms with van der Waals surface area (Å²) in [4.78, 5) is 64.2. The molecule has 0 bridgehead atoms. The van der Waals surface area contributed by atoms with Crippen molar-refractivity contribution in [1.29, 1.82) is 0 Å². The van der Waals surface area contributed by atoms with E-state index in [1.165, 1.54) is 4.90 Å².